The Hall–Kier alpha value is -3.28. The number of benzene rings is 1. The highest BCUT2D eigenvalue weighted by molar-refractivity contribution is 6.06. The summed E-state index contributed by atoms with van der Waals surface area (Å²) in [5.74, 6) is 1.50. The van der Waals surface area contributed by atoms with E-state index in [1.165, 1.54) is 11.9 Å². The van der Waals surface area contributed by atoms with E-state index in [0.717, 1.165) is 40.6 Å². The Kier molecular flexibility index (Phi) is 4.08. The van der Waals surface area contributed by atoms with Gasteiger partial charge in [0, 0.05) is 30.4 Å². The second-order valence-electron chi connectivity index (χ2n) is 5.63. The number of ether oxygens (including phenoxy) is 2. The average molecular weight is 332 g/mol. The van der Waals surface area contributed by atoms with Gasteiger partial charge in [-0.15, -0.1) is 0 Å². The molecule has 1 aliphatic heterocycles. The smallest absolute Gasteiger partial charge is 0.137 e. The van der Waals surface area contributed by atoms with Crippen molar-refractivity contribution in [2.45, 2.75) is 13.0 Å². The molecule has 0 amide bonds. The molecule has 1 aliphatic rings. The van der Waals surface area contributed by atoms with Gasteiger partial charge in [0.05, 0.1) is 30.4 Å². The Labute approximate surface area is 145 Å². The first-order valence-electron chi connectivity index (χ1n) is 7.89. The minimum Gasteiger partial charge on any atom is -0.495 e. The zero-order valence-corrected chi connectivity index (χ0v) is 13.7. The number of aliphatic imine (C=N–C) groups is 1. The largest absolute Gasteiger partial charge is 0.495 e. The van der Waals surface area contributed by atoms with Crippen molar-refractivity contribution in [3.63, 3.8) is 0 Å². The van der Waals surface area contributed by atoms with Crippen LogP contribution in [0.3, 0.4) is 0 Å². The second kappa shape index (κ2) is 6.68. The van der Waals surface area contributed by atoms with Crippen molar-refractivity contribution in [1.82, 2.24) is 15.0 Å². The van der Waals surface area contributed by atoms with Gasteiger partial charge in [-0.3, -0.25) is 9.98 Å². The molecule has 6 heteroatoms. The summed E-state index contributed by atoms with van der Waals surface area (Å²) in [6.45, 7) is 0.395. The molecule has 0 bridgehead atoms. The molecule has 0 fully saturated rings. The molecule has 0 N–H and O–H groups in total. The number of rotatable bonds is 5. The number of fused-ring (bicyclic) bond motifs is 1. The molecule has 3 aromatic rings. The van der Waals surface area contributed by atoms with Crippen molar-refractivity contribution in [3.8, 4) is 11.5 Å². The van der Waals surface area contributed by atoms with Gasteiger partial charge < -0.3 is 9.47 Å². The SMILES string of the molecule is COc1ccc(COc2ccc3c(c2)N=C(c2cncnc2)C3)nc1. The van der Waals surface area contributed by atoms with Crippen LogP contribution in [0.25, 0.3) is 0 Å². The number of methoxy groups -OCH3 is 1. The molecule has 0 atom stereocenters. The predicted octanol–water partition coefficient (Wildman–Crippen LogP) is 3.14. The number of hydrogen-bond acceptors (Lipinski definition) is 6. The molecule has 25 heavy (non-hydrogen) atoms. The first-order chi connectivity index (χ1) is 12.3. The summed E-state index contributed by atoms with van der Waals surface area (Å²) in [7, 11) is 1.62. The Balaban J connectivity index is 1.47. The fourth-order valence-electron chi connectivity index (χ4n) is 2.64. The van der Waals surface area contributed by atoms with Crippen LogP contribution in [0.15, 0.2) is 60.2 Å². The van der Waals surface area contributed by atoms with E-state index < -0.39 is 0 Å². The van der Waals surface area contributed by atoms with Crippen LogP contribution < -0.4 is 9.47 Å². The number of pyridine rings is 1. The highest BCUT2D eigenvalue weighted by Crippen LogP contribution is 2.32. The van der Waals surface area contributed by atoms with E-state index in [-0.39, 0.29) is 0 Å². The normalized spacial score (nSPS) is 12.4. The van der Waals surface area contributed by atoms with Crippen LogP contribution in [0.4, 0.5) is 5.69 Å². The summed E-state index contributed by atoms with van der Waals surface area (Å²) >= 11 is 0. The molecule has 0 unspecified atom stereocenters. The Bertz CT molecular complexity index is 908. The van der Waals surface area contributed by atoms with Crippen molar-refractivity contribution in [2.75, 3.05) is 7.11 Å². The van der Waals surface area contributed by atoms with Gasteiger partial charge in [0.25, 0.3) is 0 Å². The van der Waals surface area contributed by atoms with Crippen LogP contribution in [0, 0.1) is 0 Å². The topological polar surface area (TPSA) is 69.5 Å². The van der Waals surface area contributed by atoms with Crippen LogP contribution in [-0.2, 0) is 13.0 Å². The lowest BCUT2D eigenvalue weighted by Gasteiger charge is -2.07. The van der Waals surface area contributed by atoms with Gasteiger partial charge in [-0.1, -0.05) is 6.07 Å². The fourth-order valence-corrected chi connectivity index (χ4v) is 2.64. The Morgan fingerprint density at radius 3 is 2.60 bits per heavy atom. The number of hydrogen-bond donors (Lipinski definition) is 0. The maximum Gasteiger partial charge on any atom is 0.137 e. The zero-order chi connectivity index (χ0) is 17.1. The van der Waals surface area contributed by atoms with Gasteiger partial charge in [-0.05, 0) is 23.8 Å². The van der Waals surface area contributed by atoms with E-state index in [1.54, 1.807) is 25.7 Å². The number of aromatic nitrogens is 3. The summed E-state index contributed by atoms with van der Waals surface area (Å²) in [4.78, 5) is 17.1. The van der Waals surface area contributed by atoms with Crippen LogP contribution in [0.2, 0.25) is 0 Å². The number of nitrogens with zero attached hydrogens (tertiary/aromatic N) is 4. The maximum absolute atomic E-state index is 5.83. The molecule has 3 heterocycles. The quantitative estimate of drug-likeness (QED) is 0.718. The molecule has 0 spiro atoms. The Morgan fingerprint density at radius 2 is 1.84 bits per heavy atom. The summed E-state index contributed by atoms with van der Waals surface area (Å²) in [5, 5.41) is 0. The van der Waals surface area contributed by atoms with Gasteiger partial charge in [0.1, 0.15) is 24.4 Å². The summed E-state index contributed by atoms with van der Waals surface area (Å²) in [6, 6.07) is 9.72. The minimum absolute atomic E-state index is 0.395. The molecule has 0 saturated carbocycles. The van der Waals surface area contributed by atoms with Gasteiger partial charge in [0.15, 0.2) is 0 Å². The van der Waals surface area contributed by atoms with Crippen molar-refractivity contribution in [2.24, 2.45) is 4.99 Å². The summed E-state index contributed by atoms with van der Waals surface area (Å²) in [6.07, 6.45) is 7.54. The van der Waals surface area contributed by atoms with E-state index in [4.69, 9.17) is 9.47 Å². The molecule has 0 radical (unpaired) electrons. The standard InChI is InChI=1S/C19H16N4O2/c1-24-17-5-3-15(22-10-17)11-25-16-4-2-13-6-18(23-19(13)7-16)14-8-20-12-21-9-14/h2-5,7-10,12H,6,11H2,1H3. The van der Waals surface area contributed by atoms with E-state index in [1.807, 2.05) is 30.3 Å². The molecule has 0 aliphatic carbocycles. The first kappa shape index (κ1) is 15.3. The highest BCUT2D eigenvalue weighted by atomic mass is 16.5. The third-order valence-corrected chi connectivity index (χ3v) is 3.98. The molecular formula is C19H16N4O2. The van der Waals surface area contributed by atoms with Crippen LogP contribution in [-0.4, -0.2) is 27.8 Å². The molecule has 124 valence electrons. The fraction of sp³-hybridized carbons (Fsp3) is 0.158. The molecule has 4 rings (SSSR count). The van der Waals surface area contributed by atoms with Crippen molar-refractivity contribution in [1.29, 1.82) is 0 Å². The third kappa shape index (κ3) is 3.33. The highest BCUT2D eigenvalue weighted by Gasteiger charge is 2.17. The van der Waals surface area contributed by atoms with E-state index in [2.05, 4.69) is 19.9 Å². The average Bonchev–Trinajstić information content (AvgIpc) is 3.11. The zero-order valence-electron chi connectivity index (χ0n) is 13.7. The molecule has 1 aromatic carbocycles. The second-order valence-corrected chi connectivity index (χ2v) is 5.63. The predicted molar refractivity (Wildman–Crippen MR) is 93.5 cm³/mol. The van der Waals surface area contributed by atoms with Crippen LogP contribution in [0.5, 0.6) is 11.5 Å². The van der Waals surface area contributed by atoms with E-state index in [9.17, 15) is 0 Å². The first-order valence-corrected chi connectivity index (χ1v) is 7.89. The van der Waals surface area contributed by atoms with Gasteiger partial charge in [0.2, 0.25) is 0 Å². The van der Waals surface area contributed by atoms with Crippen molar-refractivity contribution in [3.05, 3.63) is 72.1 Å². The molecule has 2 aromatic heterocycles. The maximum atomic E-state index is 5.83. The molecule has 0 saturated heterocycles. The minimum atomic E-state index is 0.395. The monoisotopic (exact) mass is 332 g/mol. The van der Waals surface area contributed by atoms with Crippen LogP contribution >= 0.6 is 0 Å². The third-order valence-electron chi connectivity index (χ3n) is 3.98. The lowest BCUT2D eigenvalue weighted by Crippen LogP contribution is -2.01. The summed E-state index contributed by atoms with van der Waals surface area (Å²) < 4.78 is 10.9. The molecule has 6 nitrogen and oxygen atoms in total. The van der Waals surface area contributed by atoms with Gasteiger partial charge >= 0.3 is 0 Å². The van der Waals surface area contributed by atoms with Crippen molar-refractivity contribution >= 4 is 11.4 Å². The van der Waals surface area contributed by atoms with Crippen molar-refractivity contribution < 1.29 is 9.47 Å². The van der Waals surface area contributed by atoms with Gasteiger partial charge in [-0.25, -0.2) is 9.97 Å². The van der Waals surface area contributed by atoms with E-state index in [0.29, 0.717) is 6.61 Å². The summed E-state index contributed by atoms with van der Waals surface area (Å²) in [5.41, 5.74) is 4.87. The van der Waals surface area contributed by atoms with Gasteiger partial charge in [-0.2, -0.15) is 0 Å². The molecular weight excluding hydrogens is 316 g/mol. The van der Waals surface area contributed by atoms with Crippen LogP contribution in [0.1, 0.15) is 16.8 Å². The lowest BCUT2D eigenvalue weighted by molar-refractivity contribution is 0.301. The Morgan fingerprint density at radius 1 is 1.00 bits per heavy atom. The van der Waals surface area contributed by atoms with E-state index >= 15 is 0 Å². The lowest BCUT2D eigenvalue weighted by atomic mass is 10.1.